The van der Waals surface area contributed by atoms with Crippen LogP contribution in [0.2, 0.25) is 0 Å². The second-order valence-electron chi connectivity index (χ2n) is 0.209. The van der Waals surface area contributed by atoms with E-state index in [4.69, 9.17) is 3.44 Å². The SMILES string of the molecule is [OH][Sn][O][SnH]. The normalized spacial score (nSPS) is 7.50. The summed E-state index contributed by atoms with van der Waals surface area (Å²) in [6.07, 6.45) is 0. The predicted molar refractivity (Wildman–Crippen MR) is 16.2 cm³/mol. The van der Waals surface area contributed by atoms with Gasteiger partial charge in [0, 0.05) is 0 Å². The Kier molecular flexibility index (Phi) is 6.23. The van der Waals surface area contributed by atoms with Gasteiger partial charge in [0.25, 0.3) is 0 Å². The zero-order valence-corrected chi connectivity index (χ0v) is 8.08. The molecule has 4 heteroatoms. The second kappa shape index (κ2) is 4.52. The summed E-state index contributed by atoms with van der Waals surface area (Å²) in [5, 5.41) is 0. The van der Waals surface area contributed by atoms with Crippen molar-refractivity contribution < 1.29 is 4.86 Å². The van der Waals surface area contributed by atoms with Gasteiger partial charge < -0.3 is 0 Å². The van der Waals surface area contributed by atoms with Crippen molar-refractivity contribution in [2.45, 2.75) is 0 Å². The molecule has 4 radical (unpaired) electrons. The average molecular weight is 271 g/mol. The van der Waals surface area contributed by atoms with Crippen LogP contribution >= 0.6 is 0 Å². The van der Waals surface area contributed by atoms with Crippen LogP contribution in [0.25, 0.3) is 0 Å². The molecule has 0 amide bonds. The fourth-order valence-corrected chi connectivity index (χ4v) is 0. The van der Waals surface area contributed by atoms with Gasteiger partial charge in [-0.2, -0.15) is 0 Å². The maximum absolute atomic E-state index is 7.86. The third-order valence-corrected chi connectivity index (χ3v) is 2.37. The van der Waals surface area contributed by atoms with Crippen LogP contribution in [0.1, 0.15) is 0 Å². The van der Waals surface area contributed by atoms with Crippen molar-refractivity contribution in [1.29, 1.82) is 0 Å². The molecule has 0 rings (SSSR count). The first-order valence-electron chi connectivity index (χ1n) is 0.663. The van der Waals surface area contributed by atoms with Gasteiger partial charge in [0.05, 0.1) is 0 Å². The summed E-state index contributed by atoms with van der Waals surface area (Å²) in [6.45, 7) is 0. The van der Waals surface area contributed by atoms with Crippen molar-refractivity contribution in [3.05, 3.63) is 0 Å². The van der Waals surface area contributed by atoms with Gasteiger partial charge in [-0.05, 0) is 0 Å². The first-order chi connectivity index (χ1) is 1.91. The molecule has 0 aliphatic heterocycles. The Labute approximate surface area is 49.5 Å². The Morgan fingerprint density at radius 3 is 2.25 bits per heavy atom. The molecule has 0 saturated heterocycles. The fraction of sp³-hybridized carbons (Fsp3) is 0. The molecule has 2 nitrogen and oxygen atoms in total. The fourth-order valence-electron chi connectivity index (χ4n) is 0. The summed E-state index contributed by atoms with van der Waals surface area (Å²) >= 11 is -0.452. The molecule has 22 valence electrons. The van der Waals surface area contributed by atoms with E-state index in [9.17, 15) is 0 Å². The summed E-state index contributed by atoms with van der Waals surface area (Å²) in [7, 11) is 0. The first-order valence-corrected chi connectivity index (χ1v) is 4.45. The molecule has 0 aliphatic rings. The molecule has 0 unspecified atom stereocenters. The summed E-state index contributed by atoms with van der Waals surface area (Å²) in [4.78, 5) is 0. The van der Waals surface area contributed by atoms with E-state index in [1.54, 1.807) is 0 Å². The minimum absolute atomic E-state index is 0.766. The van der Waals surface area contributed by atoms with Crippen LogP contribution in [0.15, 0.2) is 0 Å². The van der Waals surface area contributed by atoms with E-state index in [1.807, 2.05) is 0 Å². The van der Waals surface area contributed by atoms with Gasteiger partial charge in [0.15, 0.2) is 0 Å². The van der Waals surface area contributed by atoms with E-state index < -0.39 is 22.0 Å². The molecule has 0 spiro atoms. The van der Waals surface area contributed by atoms with E-state index in [0.29, 0.717) is 0 Å². The van der Waals surface area contributed by atoms with Gasteiger partial charge in [0.2, 0.25) is 0 Å². The summed E-state index contributed by atoms with van der Waals surface area (Å²) in [6, 6.07) is 0. The molecule has 0 aromatic rings. The van der Waals surface area contributed by atoms with Crippen LogP contribution in [-0.4, -0.2) is 48.4 Å². The molecule has 0 fully saturated rings. The maximum atomic E-state index is 7.86. The Morgan fingerprint density at radius 1 is 2.00 bits per heavy atom. The first kappa shape index (κ1) is 5.52. The van der Waals surface area contributed by atoms with Crippen molar-refractivity contribution in [2.75, 3.05) is 0 Å². The Balaban J connectivity index is 1.97. The zero-order chi connectivity index (χ0) is 3.41. The van der Waals surface area contributed by atoms with Crippen molar-refractivity contribution in [1.82, 2.24) is 0 Å². The molecule has 0 aliphatic carbocycles. The van der Waals surface area contributed by atoms with Crippen LogP contribution in [-0.2, 0) is 1.41 Å². The second-order valence-corrected chi connectivity index (χ2v) is 5.92. The molecule has 0 bridgehead atoms. The van der Waals surface area contributed by atoms with Crippen molar-refractivity contribution in [2.24, 2.45) is 0 Å². The molecule has 0 heterocycles. The zero-order valence-electron chi connectivity index (χ0n) is 1.93. The monoisotopic (exact) mass is 274 g/mol. The van der Waals surface area contributed by atoms with E-state index in [2.05, 4.69) is 1.41 Å². The average Bonchev–Trinajstić information content (AvgIpc) is 1.37. The Morgan fingerprint density at radius 2 is 2.25 bits per heavy atom. The number of hydrogen-bond donors (Lipinski definition) is 1. The van der Waals surface area contributed by atoms with E-state index in [0.717, 1.165) is 22.9 Å². The summed E-state index contributed by atoms with van der Waals surface area (Å²) in [5.74, 6) is 0. The molecule has 0 atom stereocenters. The molecule has 0 saturated carbocycles. The molecular formula is H2O2Sn2. The van der Waals surface area contributed by atoms with Gasteiger partial charge in [-0.1, -0.05) is 0 Å². The number of rotatable bonds is 1. The topological polar surface area (TPSA) is 29.5 Å². The van der Waals surface area contributed by atoms with E-state index in [1.165, 1.54) is 0 Å². The third-order valence-electron chi connectivity index (χ3n) is 0.0527. The van der Waals surface area contributed by atoms with Gasteiger partial charge in [-0.25, -0.2) is 0 Å². The van der Waals surface area contributed by atoms with Gasteiger partial charge in [0.1, 0.15) is 0 Å². The number of hydrogen-bond acceptors (Lipinski definition) is 2. The van der Waals surface area contributed by atoms with Crippen LogP contribution < -0.4 is 0 Å². The molecule has 4 heavy (non-hydrogen) atoms. The summed E-state index contributed by atoms with van der Waals surface area (Å²) in [5.41, 5.74) is 0. The van der Waals surface area contributed by atoms with Crippen molar-refractivity contribution in [3.8, 4) is 0 Å². The van der Waals surface area contributed by atoms with Crippen LogP contribution in [0, 0.1) is 0 Å². The van der Waals surface area contributed by atoms with E-state index in [-0.39, 0.29) is 0 Å². The molecule has 0 aromatic heterocycles. The standard InChI is InChI=1S/H2O.O.2Sn.H/h1H2;;;;/q;;;+1;/p-1. The van der Waals surface area contributed by atoms with E-state index >= 15 is 0 Å². The Hall–Kier alpha value is 1.52. The predicted octanol–water partition coefficient (Wildman–Crippen LogP) is -1.65. The van der Waals surface area contributed by atoms with Crippen LogP contribution in [0.5, 0.6) is 0 Å². The van der Waals surface area contributed by atoms with Crippen molar-refractivity contribution >= 4 is 44.9 Å². The minimum atomic E-state index is -1.22. The van der Waals surface area contributed by atoms with Crippen molar-refractivity contribution in [3.63, 3.8) is 0 Å². The molecule has 0 aromatic carbocycles. The molecular weight excluding hydrogens is 269 g/mol. The van der Waals surface area contributed by atoms with Gasteiger partial charge in [-0.3, -0.25) is 0 Å². The van der Waals surface area contributed by atoms with Crippen LogP contribution in [0.3, 0.4) is 0 Å². The van der Waals surface area contributed by atoms with Gasteiger partial charge >= 0.3 is 49.8 Å². The summed E-state index contributed by atoms with van der Waals surface area (Å²) < 4.78 is 12.3. The molecule has 1 N–H and O–H groups in total. The third kappa shape index (κ3) is 3.52. The van der Waals surface area contributed by atoms with Crippen LogP contribution in [0.4, 0.5) is 0 Å². The van der Waals surface area contributed by atoms with Gasteiger partial charge in [-0.15, -0.1) is 0 Å². The Bertz CT molecular complexity index is 6.00. The quantitative estimate of drug-likeness (QED) is 0.579.